The summed E-state index contributed by atoms with van der Waals surface area (Å²) < 4.78 is 0. The van der Waals surface area contributed by atoms with Crippen molar-refractivity contribution in [3.8, 4) is 0 Å². The Morgan fingerprint density at radius 2 is 1.46 bits per heavy atom. The van der Waals surface area contributed by atoms with Crippen LogP contribution in [0.3, 0.4) is 0 Å². The molecule has 0 saturated carbocycles. The van der Waals surface area contributed by atoms with Crippen LogP contribution in [-0.2, 0) is 9.59 Å². The lowest BCUT2D eigenvalue weighted by Crippen LogP contribution is -2.50. The number of nitrogens with one attached hydrogen (secondary N) is 2. The van der Waals surface area contributed by atoms with Crippen LogP contribution in [0.4, 0.5) is 5.69 Å². The highest BCUT2D eigenvalue weighted by Gasteiger charge is 2.18. The number of carboxylic acids is 2. The summed E-state index contributed by atoms with van der Waals surface area (Å²) in [4.78, 5) is 46.1. The maximum atomic E-state index is 12.3. The van der Waals surface area contributed by atoms with Gasteiger partial charge in [-0.1, -0.05) is 30.3 Å². The van der Waals surface area contributed by atoms with E-state index in [9.17, 15) is 29.4 Å². The first-order valence-electron chi connectivity index (χ1n) is 7.55. The fraction of sp³-hybridized carbons (Fsp3) is 0.111. The Morgan fingerprint density at radius 3 is 2.08 bits per heavy atom. The van der Waals surface area contributed by atoms with Crippen LogP contribution in [0.2, 0.25) is 0 Å². The van der Waals surface area contributed by atoms with Crippen LogP contribution in [0.15, 0.2) is 54.6 Å². The average Bonchev–Trinajstić information content (AvgIpc) is 2.61. The second kappa shape index (κ2) is 8.43. The van der Waals surface area contributed by atoms with E-state index in [1.54, 1.807) is 36.4 Å². The molecule has 2 aromatic rings. The lowest BCUT2D eigenvalue weighted by Gasteiger charge is -2.21. The van der Waals surface area contributed by atoms with E-state index < -0.39 is 36.2 Å². The highest BCUT2D eigenvalue weighted by atomic mass is 16.4. The number of para-hydroxylation sites is 1. The van der Waals surface area contributed by atoms with Gasteiger partial charge in [0, 0.05) is 18.0 Å². The molecule has 2 aromatic carbocycles. The molecule has 2 amide bonds. The molecular weight excluding hydrogens is 340 g/mol. The van der Waals surface area contributed by atoms with Crippen LogP contribution in [0, 0.1) is 0 Å². The van der Waals surface area contributed by atoms with Gasteiger partial charge in [-0.2, -0.15) is 0 Å². The zero-order chi connectivity index (χ0) is 19.1. The molecule has 0 fully saturated rings. The Bertz CT molecular complexity index is 835. The van der Waals surface area contributed by atoms with Gasteiger partial charge < -0.3 is 30.4 Å². The van der Waals surface area contributed by atoms with Crippen LogP contribution in [0.5, 0.6) is 0 Å². The number of carbonyl (C=O) groups is 4. The van der Waals surface area contributed by atoms with E-state index in [1.807, 2.05) is 5.32 Å². The fourth-order valence-electron chi connectivity index (χ4n) is 2.17. The maximum absolute atomic E-state index is 12.3. The Kier molecular flexibility index (Phi) is 6.05. The van der Waals surface area contributed by atoms with Crippen LogP contribution >= 0.6 is 0 Å². The van der Waals surface area contributed by atoms with Crippen molar-refractivity contribution in [1.82, 2.24) is 5.32 Å². The molecule has 134 valence electrons. The lowest BCUT2D eigenvalue weighted by atomic mass is 10.1. The van der Waals surface area contributed by atoms with E-state index in [0.717, 1.165) is 0 Å². The second-order valence-electron chi connectivity index (χ2n) is 5.29. The molecule has 2 rings (SSSR count). The fourth-order valence-corrected chi connectivity index (χ4v) is 2.17. The molecule has 0 spiro atoms. The van der Waals surface area contributed by atoms with Crippen molar-refractivity contribution < 1.29 is 29.4 Å². The van der Waals surface area contributed by atoms with Gasteiger partial charge in [0.15, 0.2) is 0 Å². The Morgan fingerprint density at radius 1 is 0.846 bits per heavy atom. The first kappa shape index (κ1) is 18.7. The van der Waals surface area contributed by atoms with Gasteiger partial charge in [0.25, 0.3) is 11.8 Å². The minimum atomic E-state index is -1.76. The smallest absolute Gasteiger partial charge is 0.255 e. The number of benzene rings is 2. The summed E-state index contributed by atoms with van der Waals surface area (Å²) in [6.45, 7) is 0. The quantitative estimate of drug-likeness (QED) is 0.649. The summed E-state index contributed by atoms with van der Waals surface area (Å²) >= 11 is 0. The molecule has 0 aliphatic carbocycles. The molecule has 1 atom stereocenters. The summed E-state index contributed by atoms with van der Waals surface area (Å²) in [5, 5.41) is 26.2. The molecule has 0 bridgehead atoms. The van der Waals surface area contributed by atoms with Crippen molar-refractivity contribution in [1.29, 1.82) is 0 Å². The van der Waals surface area contributed by atoms with E-state index in [0.29, 0.717) is 5.56 Å². The molecule has 0 aromatic heterocycles. The molecule has 0 aliphatic rings. The SMILES string of the molecule is O=C([O-])C[C@H](NC(=O)c1ccccc1NC(=O)c1ccccc1)C(=O)[O-]. The van der Waals surface area contributed by atoms with Gasteiger partial charge in [0.1, 0.15) is 0 Å². The number of hydrogen-bond acceptors (Lipinski definition) is 6. The summed E-state index contributed by atoms with van der Waals surface area (Å²) in [6.07, 6.45) is -0.938. The number of amides is 2. The summed E-state index contributed by atoms with van der Waals surface area (Å²) in [5.41, 5.74) is 0.484. The van der Waals surface area contributed by atoms with Gasteiger partial charge in [-0.25, -0.2) is 0 Å². The molecular formula is C18H14N2O6-2. The monoisotopic (exact) mass is 354 g/mol. The molecule has 8 heteroatoms. The second-order valence-corrected chi connectivity index (χ2v) is 5.29. The van der Waals surface area contributed by atoms with Gasteiger partial charge in [0.05, 0.1) is 23.3 Å². The number of anilines is 1. The van der Waals surface area contributed by atoms with E-state index in [-0.39, 0.29) is 11.3 Å². The van der Waals surface area contributed by atoms with Gasteiger partial charge in [-0.15, -0.1) is 0 Å². The van der Waals surface area contributed by atoms with E-state index in [2.05, 4.69) is 5.32 Å². The van der Waals surface area contributed by atoms with E-state index >= 15 is 0 Å². The number of carbonyl (C=O) groups excluding carboxylic acids is 4. The molecule has 0 radical (unpaired) electrons. The molecule has 8 nitrogen and oxygen atoms in total. The molecule has 2 N–H and O–H groups in total. The van der Waals surface area contributed by atoms with Crippen LogP contribution in [0.1, 0.15) is 27.1 Å². The molecule has 0 unspecified atom stereocenters. The van der Waals surface area contributed by atoms with Crippen molar-refractivity contribution in [2.75, 3.05) is 5.32 Å². The molecule has 0 saturated heterocycles. The highest BCUT2D eigenvalue weighted by Crippen LogP contribution is 2.16. The molecule has 0 aliphatic heterocycles. The summed E-state index contributed by atoms with van der Waals surface area (Å²) in [6, 6.07) is 12.4. The predicted octanol–water partition coefficient (Wildman–Crippen LogP) is -1.07. The lowest BCUT2D eigenvalue weighted by molar-refractivity contribution is -0.317. The third-order valence-electron chi connectivity index (χ3n) is 3.42. The van der Waals surface area contributed by atoms with Gasteiger partial charge in [0.2, 0.25) is 0 Å². The van der Waals surface area contributed by atoms with Gasteiger partial charge in [-0.05, 0) is 24.3 Å². The van der Waals surface area contributed by atoms with Crippen LogP contribution < -0.4 is 20.8 Å². The van der Waals surface area contributed by atoms with Crippen molar-refractivity contribution in [2.24, 2.45) is 0 Å². The predicted molar refractivity (Wildman–Crippen MR) is 86.7 cm³/mol. The number of hydrogen-bond donors (Lipinski definition) is 2. The Balaban J connectivity index is 2.19. The van der Waals surface area contributed by atoms with Crippen LogP contribution in [-0.4, -0.2) is 29.8 Å². The van der Waals surface area contributed by atoms with E-state index in [1.165, 1.54) is 18.2 Å². The van der Waals surface area contributed by atoms with Crippen molar-refractivity contribution in [3.05, 3.63) is 65.7 Å². The highest BCUT2D eigenvalue weighted by molar-refractivity contribution is 6.09. The average molecular weight is 354 g/mol. The maximum Gasteiger partial charge on any atom is 0.255 e. The molecule has 0 heterocycles. The topological polar surface area (TPSA) is 138 Å². The largest absolute Gasteiger partial charge is 0.550 e. The minimum Gasteiger partial charge on any atom is -0.550 e. The number of aliphatic carboxylic acids is 2. The summed E-state index contributed by atoms with van der Waals surface area (Å²) in [5.74, 6) is -4.74. The van der Waals surface area contributed by atoms with Gasteiger partial charge >= 0.3 is 0 Å². The van der Waals surface area contributed by atoms with Crippen molar-refractivity contribution in [3.63, 3.8) is 0 Å². The molecule has 26 heavy (non-hydrogen) atoms. The first-order chi connectivity index (χ1) is 12.4. The van der Waals surface area contributed by atoms with E-state index in [4.69, 9.17) is 0 Å². The zero-order valence-electron chi connectivity index (χ0n) is 13.4. The van der Waals surface area contributed by atoms with Crippen molar-refractivity contribution in [2.45, 2.75) is 12.5 Å². The normalized spacial score (nSPS) is 11.2. The standard InChI is InChI=1S/C18H16N2O6/c21-15(22)10-14(18(25)26)20-17(24)12-8-4-5-9-13(12)19-16(23)11-6-2-1-3-7-11/h1-9,14H,10H2,(H,19,23)(H,20,24)(H,21,22)(H,25,26)/p-2/t14-/m0/s1. The third-order valence-corrected chi connectivity index (χ3v) is 3.42. The third kappa shape index (κ3) is 4.91. The van der Waals surface area contributed by atoms with Gasteiger partial charge in [-0.3, -0.25) is 9.59 Å². The Hall–Kier alpha value is -3.68. The van der Waals surface area contributed by atoms with Crippen LogP contribution in [0.25, 0.3) is 0 Å². The first-order valence-corrected chi connectivity index (χ1v) is 7.55. The number of rotatable bonds is 7. The summed E-state index contributed by atoms with van der Waals surface area (Å²) in [7, 11) is 0. The Labute approximate surface area is 148 Å². The van der Waals surface area contributed by atoms with Crippen molar-refractivity contribution >= 4 is 29.4 Å². The number of carboxylic acid groups (broad SMARTS) is 2. The minimum absolute atomic E-state index is 0.0265. The zero-order valence-corrected chi connectivity index (χ0v) is 13.4.